The lowest BCUT2D eigenvalue weighted by atomic mass is 9.95. The zero-order chi connectivity index (χ0) is 24.8. The Bertz CT molecular complexity index is 1090. The highest BCUT2D eigenvalue weighted by molar-refractivity contribution is 6.14. The lowest BCUT2D eigenvalue weighted by Crippen LogP contribution is -2.39. The summed E-state index contributed by atoms with van der Waals surface area (Å²) in [4.78, 5) is 32.4. The van der Waals surface area contributed by atoms with Gasteiger partial charge in [-0.25, -0.2) is 0 Å². The van der Waals surface area contributed by atoms with Crippen molar-refractivity contribution in [3.05, 3.63) is 83.1 Å². The predicted octanol–water partition coefficient (Wildman–Crippen LogP) is 3.45. The van der Waals surface area contributed by atoms with E-state index >= 15 is 0 Å². The van der Waals surface area contributed by atoms with Crippen molar-refractivity contribution in [1.82, 2.24) is 9.80 Å². The van der Waals surface area contributed by atoms with E-state index in [9.17, 15) is 14.7 Å². The molecule has 2 aromatic carbocycles. The van der Waals surface area contributed by atoms with Gasteiger partial charge in [0.25, 0.3) is 5.91 Å². The van der Waals surface area contributed by atoms with Crippen LogP contribution < -0.4 is 4.90 Å². The summed E-state index contributed by atoms with van der Waals surface area (Å²) >= 11 is 0. The maximum absolute atomic E-state index is 13.3. The fraction of sp³-hybridized carbons (Fsp3) is 0.357. The van der Waals surface area contributed by atoms with Crippen molar-refractivity contribution in [2.24, 2.45) is 0 Å². The first kappa shape index (κ1) is 24.7. The van der Waals surface area contributed by atoms with Crippen molar-refractivity contribution in [1.29, 1.82) is 0 Å². The SMILES string of the molecule is CN(C)c1ccc([C@@H]2C(C(=O)/C=C/c3ccccc3)=C(O)C(=O)N2CCCN2CCOCC2)cc1. The molecule has 1 fully saturated rings. The van der Waals surface area contributed by atoms with Crippen molar-refractivity contribution >= 4 is 23.5 Å². The minimum atomic E-state index is -0.628. The Morgan fingerprint density at radius 1 is 1.06 bits per heavy atom. The standard InChI is InChI=1S/C28H33N3O4/c1-29(2)23-12-10-22(11-13-23)26-25(24(32)14-9-21-7-4-3-5-8-21)27(33)28(34)31(26)16-6-15-30-17-19-35-20-18-30/h3-5,7-14,26,33H,6,15-20H2,1-2H3/b14-9+/t26-/m1/s1. The molecule has 4 rings (SSSR count). The van der Waals surface area contributed by atoms with Crippen molar-refractivity contribution in [3.63, 3.8) is 0 Å². The second kappa shape index (κ2) is 11.3. The molecule has 7 nitrogen and oxygen atoms in total. The maximum atomic E-state index is 13.3. The smallest absolute Gasteiger partial charge is 0.290 e. The Morgan fingerprint density at radius 2 is 1.74 bits per heavy atom. The van der Waals surface area contributed by atoms with Gasteiger partial charge in [-0.1, -0.05) is 48.5 Å². The molecule has 0 aliphatic carbocycles. The van der Waals surface area contributed by atoms with E-state index in [1.165, 1.54) is 6.08 Å². The normalized spacial score (nSPS) is 19.1. The van der Waals surface area contributed by atoms with Gasteiger partial charge in [-0.15, -0.1) is 0 Å². The van der Waals surface area contributed by atoms with Gasteiger partial charge in [0.2, 0.25) is 0 Å². The van der Waals surface area contributed by atoms with E-state index in [-0.39, 0.29) is 11.4 Å². The summed E-state index contributed by atoms with van der Waals surface area (Å²) in [5.41, 5.74) is 2.82. The van der Waals surface area contributed by atoms with Crippen LogP contribution in [0.2, 0.25) is 0 Å². The second-order valence-corrected chi connectivity index (χ2v) is 9.07. The van der Waals surface area contributed by atoms with Crippen molar-refractivity contribution in [2.75, 3.05) is 58.4 Å². The van der Waals surface area contributed by atoms with Crippen LogP contribution in [0.3, 0.4) is 0 Å². The molecule has 1 saturated heterocycles. The first-order chi connectivity index (χ1) is 17.0. The number of ether oxygens (including phenoxy) is 1. The lowest BCUT2D eigenvalue weighted by molar-refractivity contribution is -0.129. The van der Waals surface area contributed by atoms with Crippen LogP contribution in [0.15, 0.2) is 72.0 Å². The van der Waals surface area contributed by atoms with Gasteiger partial charge in [-0.05, 0) is 35.8 Å². The molecule has 2 aliphatic heterocycles. The highest BCUT2D eigenvalue weighted by Gasteiger charge is 2.42. The van der Waals surface area contributed by atoms with Crippen molar-refractivity contribution in [3.8, 4) is 0 Å². The minimum Gasteiger partial charge on any atom is -0.503 e. The fourth-order valence-electron chi connectivity index (χ4n) is 4.55. The third kappa shape index (κ3) is 5.81. The molecule has 0 spiro atoms. The van der Waals surface area contributed by atoms with Gasteiger partial charge < -0.3 is 19.6 Å². The van der Waals surface area contributed by atoms with Gasteiger partial charge in [0.05, 0.1) is 24.8 Å². The Kier molecular flexibility index (Phi) is 8.00. The summed E-state index contributed by atoms with van der Waals surface area (Å²) in [7, 11) is 3.92. The number of anilines is 1. The zero-order valence-electron chi connectivity index (χ0n) is 20.4. The third-order valence-corrected chi connectivity index (χ3v) is 6.50. The largest absolute Gasteiger partial charge is 0.503 e. The monoisotopic (exact) mass is 475 g/mol. The Morgan fingerprint density at radius 3 is 2.40 bits per heavy atom. The van der Waals surface area contributed by atoms with Gasteiger partial charge in [0.15, 0.2) is 11.5 Å². The first-order valence-corrected chi connectivity index (χ1v) is 12.0. The van der Waals surface area contributed by atoms with E-state index in [1.807, 2.05) is 73.6 Å². The molecule has 2 heterocycles. The van der Waals surface area contributed by atoms with Crippen LogP contribution >= 0.6 is 0 Å². The van der Waals surface area contributed by atoms with E-state index in [4.69, 9.17) is 4.74 Å². The number of nitrogens with zero attached hydrogens (tertiary/aromatic N) is 3. The number of hydrogen-bond acceptors (Lipinski definition) is 6. The molecule has 0 radical (unpaired) electrons. The van der Waals surface area contributed by atoms with Crippen LogP contribution in [0, 0.1) is 0 Å². The zero-order valence-corrected chi connectivity index (χ0v) is 20.4. The van der Waals surface area contributed by atoms with Gasteiger partial charge in [-0.3, -0.25) is 14.5 Å². The van der Waals surface area contributed by atoms with Gasteiger partial charge >= 0.3 is 0 Å². The molecule has 184 valence electrons. The molecule has 2 aliphatic rings. The summed E-state index contributed by atoms with van der Waals surface area (Å²) in [6, 6.07) is 16.6. The van der Waals surface area contributed by atoms with Crippen LogP contribution in [0.4, 0.5) is 5.69 Å². The molecule has 35 heavy (non-hydrogen) atoms. The minimum absolute atomic E-state index is 0.131. The summed E-state index contributed by atoms with van der Waals surface area (Å²) in [5.74, 6) is -1.32. The predicted molar refractivity (Wildman–Crippen MR) is 137 cm³/mol. The number of carbonyl (C=O) groups excluding carboxylic acids is 2. The van der Waals surface area contributed by atoms with E-state index in [0.717, 1.165) is 56.1 Å². The summed E-state index contributed by atoms with van der Waals surface area (Å²) in [6.07, 6.45) is 3.89. The highest BCUT2D eigenvalue weighted by atomic mass is 16.5. The van der Waals surface area contributed by atoms with Crippen LogP contribution in [0.1, 0.15) is 23.6 Å². The topological polar surface area (TPSA) is 73.3 Å². The van der Waals surface area contributed by atoms with E-state index in [1.54, 1.807) is 11.0 Å². The van der Waals surface area contributed by atoms with Crippen LogP contribution in [-0.2, 0) is 14.3 Å². The average molecular weight is 476 g/mol. The van der Waals surface area contributed by atoms with Crippen LogP contribution in [0.5, 0.6) is 0 Å². The van der Waals surface area contributed by atoms with E-state index in [0.29, 0.717) is 6.54 Å². The Balaban J connectivity index is 1.58. The number of hydrogen-bond donors (Lipinski definition) is 1. The molecule has 1 atom stereocenters. The average Bonchev–Trinajstić information content (AvgIpc) is 3.13. The van der Waals surface area contributed by atoms with Gasteiger partial charge in [0, 0.05) is 46.0 Å². The van der Waals surface area contributed by atoms with Crippen molar-refractivity contribution < 1.29 is 19.4 Å². The van der Waals surface area contributed by atoms with Gasteiger partial charge in [0.1, 0.15) is 0 Å². The van der Waals surface area contributed by atoms with Gasteiger partial charge in [-0.2, -0.15) is 0 Å². The van der Waals surface area contributed by atoms with Crippen molar-refractivity contribution in [2.45, 2.75) is 12.5 Å². The summed E-state index contributed by atoms with van der Waals surface area (Å²) < 4.78 is 5.41. The quantitative estimate of drug-likeness (QED) is 0.560. The number of aliphatic hydroxyl groups is 1. The number of aliphatic hydroxyl groups excluding tert-OH is 1. The first-order valence-electron chi connectivity index (χ1n) is 12.0. The number of ketones is 1. The molecular formula is C28H33N3O4. The number of benzene rings is 2. The number of morpholine rings is 1. The molecule has 2 aromatic rings. The molecule has 0 unspecified atom stereocenters. The van der Waals surface area contributed by atoms with E-state index in [2.05, 4.69) is 4.90 Å². The number of amides is 1. The molecule has 0 saturated carbocycles. The van der Waals surface area contributed by atoms with Crippen LogP contribution in [0.25, 0.3) is 6.08 Å². The Labute approximate surface area is 206 Å². The molecule has 1 N–H and O–H groups in total. The number of rotatable bonds is 9. The third-order valence-electron chi connectivity index (χ3n) is 6.50. The number of allylic oxidation sites excluding steroid dienone is 1. The number of carbonyl (C=O) groups is 2. The molecular weight excluding hydrogens is 442 g/mol. The van der Waals surface area contributed by atoms with Crippen LogP contribution in [-0.4, -0.2) is 80.1 Å². The second-order valence-electron chi connectivity index (χ2n) is 9.07. The molecule has 0 aromatic heterocycles. The Hall–Kier alpha value is -3.42. The summed E-state index contributed by atoms with van der Waals surface area (Å²) in [5, 5.41) is 10.8. The maximum Gasteiger partial charge on any atom is 0.290 e. The molecule has 7 heteroatoms. The fourth-order valence-corrected chi connectivity index (χ4v) is 4.55. The van der Waals surface area contributed by atoms with E-state index < -0.39 is 17.7 Å². The summed E-state index contributed by atoms with van der Waals surface area (Å²) in [6.45, 7) is 4.47. The lowest BCUT2D eigenvalue weighted by Gasteiger charge is -2.30. The molecule has 1 amide bonds. The molecule has 0 bridgehead atoms. The highest BCUT2D eigenvalue weighted by Crippen LogP contribution is 2.38.